The highest BCUT2D eigenvalue weighted by Gasteiger charge is 2.21. The number of para-hydroxylation sites is 3. The molecule has 2 aromatic heterocycles. The molecule has 54 heavy (non-hydrogen) atoms. The van der Waals surface area contributed by atoms with Crippen LogP contribution in [0, 0.1) is 0 Å². The normalized spacial score (nSPS) is 11.7. The predicted octanol–water partition coefficient (Wildman–Crippen LogP) is 13.9. The summed E-state index contributed by atoms with van der Waals surface area (Å²) >= 11 is 0. The van der Waals surface area contributed by atoms with Crippen LogP contribution in [0.15, 0.2) is 200 Å². The minimum absolute atomic E-state index is 0.982. The Balaban J connectivity index is 1.15. The molecule has 0 bridgehead atoms. The molecule has 0 radical (unpaired) electrons. The molecule has 3 nitrogen and oxygen atoms in total. The highest BCUT2D eigenvalue weighted by atomic mass is 15.1. The van der Waals surface area contributed by atoms with Crippen molar-refractivity contribution in [1.82, 2.24) is 9.55 Å². The summed E-state index contributed by atoms with van der Waals surface area (Å²) in [5.74, 6) is 0. The number of aromatic nitrogens is 2. The molecule has 0 spiro atoms. The van der Waals surface area contributed by atoms with Gasteiger partial charge in [-0.1, -0.05) is 146 Å². The highest BCUT2D eigenvalue weighted by molar-refractivity contribution is 6.29. The fraction of sp³-hybridized carbons (Fsp3) is 0. The van der Waals surface area contributed by atoms with Crippen LogP contribution in [-0.2, 0) is 0 Å². The van der Waals surface area contributed by atoms with E-state index in [4.69, 9.17) is 4.98 Å². The number of pyridine rings is 1. The molecule has 0 unspecified atom stereocenters. The monoisotopic (exact) mass is 687 g/mol. The van der Waals surface area contributed by atoms with Crippen molar-refractivity contribution in [3.05, 3.63) is 200 Å². The summed E-state index contributed by atoms with van der Waals surface area (Å²) in [7, 11) is 0. The zero-order valence-corrected chi connectivity index (χ0v) is 29.4. The van der Waals surface area contributed by atoms with Gasteiger partial charge in [-0.05, 0) is 65.4 Å². The molecule has 0 saturated carbocycles. The Morgan fingerprint density at radius 1 is 0.370 bits per heavy atom. The van der Waals surface area contributed by atoms with Crippen molar-refractivity contribution in [3.8, 4) is 16.9 Å². The summed E-state index contributed by atoms with van der Waals surface area (Å²) in [5.41, 5.74) is 9.96. The zero-order chi connectivity index (χ0) is 35.6. The molecule has 0 aliphatic carbocycles. The van der Waals surface area contributed by atoms with E-state index >= 15 is 0 Å². The van der Waals surface area contributed by atoms with Gasteiger partial charge in [-0.2, -0.15) is 0 Å². The van der Waals surface area contributed by atoms with Gasteiger partial charge in [0, 0.05) is 54.6 Å². The van der Waals surface area contributed by atoms with E-state index in [0.717, 1.165) is 50.3 Å². The third-order valence-corrected chi connectivity index (χ3v) is 10.9. The molecule has 0 atom stereocenters. The van der Waals surface area contributed by atoms with Crippen molar-refractivity contribution in [2.45, 2.75) is 0 Å². The Kier molecular flexibility index (Phi) is 6.86. The summed E-state index contributed by atoms with van der Waals surface area (Å²) in [6.45, 7) is 0. The Labute approximate surface area is 312 Å². The van der Waals surface area contributed by atoms with Gasteiger partial charge in [0.25, 0.3) is 0 Å². The maximum atomic E-state index is 5.38. The Bertz CT molecular complexity index is 3120. The van der Waals surface area contributed by atoms with E-state index < -0.39 is 0 Å². The quantitative estimate of drug-likeness (QED) is 0.168. The van der Waals surface area contributed by atoms with Crippen molar-refractivity contribution in [3.63, 3.8) is 0 Å². The van der Waals surface area contributed by atoms with Gasteiger partial charge in [0.15, 0.2) is 0 Å². The van der Waals surface area contributed by atoms with Gasteiger partial charge in [0.2, 0.25) is 0 Å². The number of benzene rings is 9. The largest absolute Gasteiger partial charge is 0.309 e. The first kappa shape index (κ1) is 30.4. The van der Waals surface area contributed by atoms with E-state index in [1.54, 1.807) is 0 Å². The van der Waals surface area contributed by atoms with Gasteiger partial charge in [-0.3, -0.25) is 0 Å². The topological polar surface area (TPSA) is 21.1 Å². The van der Waals surface area contributed by atoms with E-state index in [1.165, 1.54) is 48.7 Å². The lowest BCUT2D eigenvalue weighted by Crippen LogP contribution is -2.11. The van der Waals surface area contributed by atoms with Crippen LogP contribution in [0.2, 0.25) is 0 Å². The van der Waals surface area contributed by atoms with Crippen LogP contribution in [0.5, 0.6) is 0 Å². The van der Waals surface area contributed by atoms with Gasteiger partial charge in [0.1, 0.15) is 0 Å². The smallest absolute Gasteiger partial charge is 0.0788 e. The second-order valence-electron chi connectivity index (χ2n) is 13.9. The van der Waals surface area contributed by atoms with Crippen molar-refractivity contribution in [2.75, 3.05) is 4.90 Å². The molecule has 0 amide bonds. The molecule has 0 saturated heterocycles. The van der Waals surface area contributed by atoms with Crippen LogP contribution < -0.4 is 4.90 Å². The number of anilines is 3. The Morgan fingerprint density at radius 2 is 0.944 bits per heavy atom. The Hall–Kier alpha value is -7.23. The molecule has 9 aromatic carbocycles. The molecule has 3 heteroatoms. The standard InChI is InChI=1S/C51H33N3/c1-2-18-37(19-3-1)54-47-25-11-9-23-42(47)50-48(54)33-32-43-49(50)41-22-8-10-24-44(41)52-51(43)36-28-30-38(31-29-36)53(45-26-12-16-34-14-4-6-20-39(34)45)46-27-13-17-35-15-5-7-21-40(35)46/h1-33H. The first-order chi connectivity index (χ1) is 26.8. The van der Waals surface area contributed by atoms with Crippen LogP contribution >= 0.6 is 0 Å². The van der Waals surface area contributed by atoms with Gasteiger partial charge < -0.3 is 9.47 Å². The number of hydrogen-bond acceptors (Lipinski definition) is 2. The number of fused-ring (bicyclic) bond motifs is 9. The highest BCUT2D eigenvalue weighted by Crippen LogP contribution is 2.45. The molecule has 0 fully saturated rings. The van der Waals surface area contributed by atoms with Crippen LogP contribution in [0.25, 0.3) is 82.0 Å². The van der Waals surface area contributed by atoms with Gasteiger partial charge >= 0.3 is 0 Å². The summed E-state index contributed by atoms with van der Waals surface area (Å²) < 4.78 is 2.39. The fourth-order valence-corrected chi connectivity index (χ4v) is 8.56. The van der Waals surface area contributed by atoms with Crippen LogP contribution in [0.3, 0.4) is 0 Å². The lowest BCUT2D eigenvalue weighted by Gasteiger charge is -2.28. The van der Waals surface area contributed by atoms with Crippen molar-refractivity contribution in [1.29, 1.82) is 0 Å². The van der Waals surface area contributed by atoms with Crippen molar-refractivity contribution in [2.24, 2.45) is 0 Å². The number of rotatable bonds is 5. The van der Waals surface area contributed by atoms with E-state index in [-0.39, 0.29) is 0 Å². The molecule has 0 aliphatic rings. The van der Waals surface area contributed by atoms with Crippen LogP contribution in [0.1, 0.15) is 0 Å². The average molecular weight is 688 g/mol. The van der Waals surface area contributed by atoms with Gasteiger partial charge in [-0.25, -0.2) is 4.98 Å². The first-order valence-electron chi connectivity index (χ1n) is 18.5. The van der Waals surface area contributed by atoms with Crippen molar-refractivity contribution >= 4 is 82.1 Å². The van der Waals surface area contributed by atoms with Crippen molar-refractivity contribution < 1.29 is 0 Å². The Morgan fingerprint density at radius 3 is 1.65 bits per heavy atom. The second-order valence-corrected chi connectivity index (χ2v) is 13.9. The third-order valence-electron chi connectivity index (χ3n) is 10.9. The molecule has 0 aliphatic heterocycles. The van der Waals surface area contributed by atoms with Gasteiger partial charge in [0.05, 0.1) is 33.6 Å². The van der Waals surface area contributed by atoms with Crippen LogP contribution in [0.4, 0.5) is 17.1 Å². The molecule has 2 heterocycles. The molecule has 252 valence electrons. The lowest BCUT2D eigenvalue weighted by atomic mass is 9.96. The van der Waals surface area contributed by atoms with E-state index in [2.05, 4.69) is 210 Å². The average Bonchev–Trinajstić information content (AvgIpc) is 3.59. The van der Waals surface area contributed by atoms with E-state index in [1.807, 2.05) is 0 Å². The summed E-state index contributed by atoms with van der Waals surface area (Å²) in [5, 5.41) is 10.9. The summed E-state index contributed by atoms with van der Waals surface area (Å²) in [6, 6.07) is 72.0. The molecular formula is C51H33N3. The number of hydrogen-bond donors (Lipinski definition) is 0. The minimum atomic E-state index is 0.982. The lowest BCUT2D eigenvalue weighted by molar-refractivity contribution is 1.18. The van der Waals surface area contributed by atoms with E-state index in [9.17, 15) is 0 Å². The first-order valence-corrected chi connectivity index (χ1v) is 18.5. The number of nitrogens with zero attached hydrogens (tertiary/aromatic N) is 3. The van der Waals surface area contributed by atoms with E-state index in [0.29, 0.717) is 0 Å². The van der Waals surface area contributed by atoms with Gasteiger partial charge in [-0.15, -0.1) is 0 Å². The maximum absolute atomic E-state index is 5.38. The molecular weight excluding hydrogens is 655 g/mol. The summed E-state index contributed by atoms with van der Waals surface area (Å²) in [4.78, 5) is 7.78. The SMILES string of the molecule is c1ccc(-n2c3ccccc3c3c4c(ccc32)c(-c2ccc(N(c3cccc5ccccc35)c3cccc5ccccc35)cc2)nc2ccccc24)cc1. The minimum Gasteiger partial charge on any atom is -0.309 e. The maximum Gasteiger partial charge on any atom is 0.0788 e. The molecule has 0 N–H and O–H groups in total. The second kappa shape index (κ2) is 12.2. The molecule has 11 aromatic rings. The fourth-order valence-electron chi connectivity index (χ4n) is 8.56. The molecule has 11 rings (SSSR count). The summed E-state index contributed by atoms with van der Waals surface area (Å²) in [6.07, 6.45) is 0. The zero-order valence-electron chi connectivity index (χ0n) is 29.4. The predicted molar refractivity (Wildman–Crippen MR) is 229 cm³/mol. The van der Waals surface area contributed by atoms with Crippen LogP contribution in [-0.4, -0.2) is 9.55 Å². The third kappa shape index (κ3) is 4.65.